The summed E-state index contributed by atoms with van der Waals surface area (Å²) in [6.45, 7) is 0.367. The minimum absolute atomic E-state index is 0.132. The van der Waals surface area contributed by atoms with E-state index in [1.165, 1.54) is 11.3 Å². The zero-order valence-corrected chi connectivity index (χ0v) is 15.8. The van der Waals surface area contributed by atoms with Crippen LogP contribution in [-0.4, -0.2) is 37.9 Å². The standard InChI is InChI=1S/C17H18N4O2S2/c1-18-14(22)11-6-4-5-10(7-11)9-19-15(23)12-8-13-16(24-12)20-17(25-13)21(2)3/h4-8H,9H2,1-3H3,(H,18,22)(H,19,23). The van der Waals surface area contributed by atoms with Crippen LogP contribution in [0.15, 0.2) is 30.3 Å². The third-order valence-corrected chi connectivity index (χ3v) is 5.88. The van der Waals surface area contributed by atoms with Crippen LogP contribution in [-0.2, 0) is 6.54 Å². The molecule has 0 radical (unpaired) electrons. The van der Waals surface area contributed by atoms with E-state index in [1.807, 2.05) is 31.1 Å². The van der Waals surface area contributed by atoms with Gasteiger partial charge in [0.25, 0.3) is 11.8 Å². The van der Waals surface area contributed by atoms with E-state index in [0.29, 0.717) is 17.0 Å². The topological polar surface area (TPSA) is 74.3 Å². The second-order valence-electron chi connectivity index (χ2n) is 5.63. The van der Waals surface area contributed by atoms with E-state index in [0.717, 1.165) is 20.2 Å². The molecule has 0 bridgehead atoms. The number of thiophene rings is 1. The molecule has 0 atom stereocenters. The minimum atomic E-state index is -0.144. The van der Waals surface area contributed by atoms with Crippen LogP contribution in [0, 0.1) is 0 Å². The molecule has 3 rings (SSSR count). The smallest absolute Gasteiger partial charge is 0.261 e. The maximum atomic E-state index is 12.4. The van der Waals surface area contributed by atoms with Crippen LogP contribution in [0.4, 0.5) is 5.13 Å². The number of nitrogens with one attached hydrogen (secondary N) is 2. The lowest BCUT2D eigenvalue weighted by atomic mass is 10.1. The van der Waals surface area contributed by atoms with Crippen molar-refractivity contribution in [3.05, 3.63) is 46.3 Å². The molecule has 2 N–H and O–H groups in total. The van der Waals surface area contributed by atoms with Crippen LogP contribution in [0.5, 0.6) is 0 Å². The van der Waals surface area contributed by atoms with Gasteiger partial charge in [-0.25, -0.2) is 4.98 Å². The molecule has 2 aromatic heterocycles. The van der Waals surface area contributed by atoms with Gasteiger partial charge in [-0.05, 0) is 23.8 Å². The van der Waals surface area contributed by atoms with E-state index in [2.05, 4.69) is 15.6 Å². The van der Waals surface area contributed by atoms with Gasteiger partial charge in [0.15, 0.2) is 5.13 Å². The van der Waals surface area contributed by atoms with Crippen LogP contribution >= 0.6 is 22.7 Å². The van der Waals surface area contributed by atoms with E-state index in [9.17, 15) is 9.59 Å². The number of hydrogen-bond donors (Lipinski definition) is 2. The number of hydrogen-bond acceptors (Lipinski definition) is 6. The Labute approximate surface area is 153 Å². The van der Waals surface area contributed by atoms with E-state index >= 15 is 0 Å². The fourth-order valence-electron chi connectivity index (χ4n) is 2.26. The first-order valence-electron chi connectivity index (χ1n) is 7.65. The Morgan fingerprint density at radius 1 is 1.16 bits per heavy atom. The maximum Gasteiger partial charge on any atom is 0.261 e. The number of benzene rings is 1. The maximum absolute atomic E-state index is 12.4. The molecular weight excluding hydrogens is 356 g/mol. The Kier molecular flexibility index (Phi) is 5.00. The lowest BCUT2D eigenvalue weighted by molar-refractivity contribution is 0.0952. The molecule has 0 aliphatic heterocycles. The molecule has 3 aromatic rings. The lowest BCUT2D eigenvalue weighted by Crippen LogP contribution is -2.22. The summed E-state index contributed by atoms with van der Waals surface area (Å²) < 4.78 is 1.01. The van der Waals surface area contributed by atoms with Gasteiger partial charge >= 0.3 is 0 Å². The molecule has 25 heavy (non-hydrogen) atoms. The normalized spacial score (nSPS) is 10.7. The molecule has 0 unspecified atom stereocenters. The van der Waals surface area contributed by atoms with Gasteiger partial charge in [0.1, 0.15) is 4.83 Å². The van der Waals surface area contributed by atoms with Gasteiger partial charge in [-0.15, -0.1) is 11.3 Å². The first kappa shape index (κ1) is 17.4. The number of rotatable bonds is 5. The third-order valence-electron chi connectivity index (χ3n) is 3.55. The zero-order chi connectivity index (χ0) is 18.0. The molecule has 0 aliphatic rings. The van der Waals surface area contributed by atoms with E-state index in [4.69, 9.17) is 0 Å². The summed E-state index contributed by atoms with van der Waals surface area (Å²) in [5.41, 5.74) is 1.45. The highest BCUT2D eigenvalue weighted by atomic mass is 32.1. The van der Waals surface area contributed by atoms with Crippen molar-refractivity contribution >= 4 is 49.1 Å². The molecule has 0 saturated carbocycles. The summed E-state index contributed by atoms with van der Waals surface area (Å²) in [5, 5.41) is 6.41. The summed E-state index contributed by atoms with van der Waals surface area (Å²) in [5.74, 6) is -0.276. The Morgan fingerprint density at radius 2 is 1.96 bits per heavy atom. The molecule has 1 aromatic carbocycles. The van der Waals surface area contributed by atoms with Crippen LogP contribution < -0.4 is 15.5 Å². The van der Waals surface area contributed by atoms with E-state index in [-0.39, 0.29) is 11.8 Å². The number of carbonyl (C=O) groups is 2. The van der Waals surface area contributed by atoms with Crippen LogP contribution in [0.3, 0.4) is 0 Å². The highest BCUT2D eigenvalue weighted by Crippen LogP contribution is 2.33. The fourth-order valence-corrected chi connectivity index (χ4v) is 4.31. The van der Waals surface area contributed by atoms with Gasteiger partial charge in [-0.1, -0.05) is 23.5 Å². The minimum Gasteiger partial charge on any atom is -0.355 e. The predicted octanol–water partition coefficient (Wildman–Crippen LogP) is 2.71. The predicted molar refractivity (Wildman–Crippen MR) is 103 cm³/mol. The van der Waals surface area contributed by atoms with Crippen LogP contribution in [0.2, 0.25) is 0 Å². The number of anilines is 1. The van der Waals surface area contributed by atoms with Crippen molar-refractivity contribution in [2.75, 3.05) is 26.0 Å². The summed E-state index contributed by atoms with van der Waals surface area (Å²) in [4.78, 5) is 32.0. The summed E-state index contributed by atoms with van der Waals surface area (Å²) in [6.07, 6.45) is 0. The van der Waals surface area contributed by atoms with Gasteiger partial charge in [-0.3, -0.25) is 9.59 Å². The molecule has 6 nitrogen and oxygen atoms in total. The second-order valence-corrected chi connectivity index (χ2v) is 7.67. The fraction of sp³-hybridized carbons (Fsp3) is 0.235. The first-order valence-corrected chi connectivity index (χ1v) is 9.28. The van der Waals surface area contributed by atoms with Crippen molar-refractivity contribution < 1.29 is 9.59 Å². The van der Waals surface area contributed by atoms with Gasteiger partial charge in [0.2, 0.25) is 0 Å². The molecule has 130 valence electrons. The first-order chi connectivity index (χ1) is 12.0. The van der Waals surface area contributed by atoms with Crippen molar-refractivity contribution in [1.82, 2.24) is 15.6 Å². The second kappa shape index (κ2) is 7.20. The van der Waals surface area contributed by atoms with Crippen molar-refractivity contribution in [2.24, 2.45) is 0 Å². The number of fused-ring (bicyclic) bond motifs is 1. The number of carbonyl (C=O) groups excluding carboxylic acids is 2. The summed E-state index contributed by atoms with van der Waals surface area (Å²) in [7, 11) is 5.49. The Hall–Kier alpha value is -2.45. The Balaban J connectivity index is 1.68. The molecule has 0 spiro atoms. The molecule has 2 amide bonds. The van der Waals surface area contributed by atoms with Crippen LogP contribution in [0.1, 0.15) is 25.6 Å². The molecule has 8 heteroatoms. The molecule has 0 fully saturated rings. The summed E-state index contributed by atoms with van der Waals surface area (Å²) in [6, 6.07) is 9.08. The molecule has 0 saturated heterocycles. The quantitative estimate of drug-likeness (QED) is 0.720. The number of amides is 2. The van der Waals surface area contributed by atoms with Crippen molar-refractivity contribution in [2.45, 2.75) is 6.54 Å². The number of thiazole rings is 1. The molecular formula is C17H18N4O2S2. The highest BCUT2D eigenvalue weighted by molar-refractivity contribution is 7.29. The Morgan fingerprint density at radius 3 is 2.64 bits per heavy atom. The van der Waals surface area contributed by atoms with Gasteiger partial charge in [-0.2, -0.15) is 0 Å². The Bertz CT molecular complexity index is 898. The van der Waals surface area contributed by atoms with Gasteiger partial charge in [0, 0.05) is 33.3 Å². The number of aromatic nitrogens is 1. The largest absolute Gasteiger partial charge is 0.355 e. The average Bonchev–Trinajstić information content (AvgIpc) is 3.18. The highest BCUT2D eigenvalue weighted by Gasteiger charge is 2.14. The molecule has 0 aliphatic carbocycles. The lowest BCUT2D eigenvalue weighted by Gasteiger charge is -2.06. The van der Waals surface area contributed by atoms with E-state index in [1.54, 1.807) is 36.6 Å². The summed E-state index contributed by atoms with van der Waals surface area (Å²) >= 11 is 2.95. The van der Waals surface area contributed by atoms with E-state index < -0.39 is 0 Å². The van der Waals surface area contributed by atoms with Crippen molar-refractivity contribution in [3.8, 4) is 0 Å². The van der Waals surface area contributed by atoms with Crippen molar-refractivity contribution in [3.63, 3.8) is 0 Å². The monoisotopic (exact) mass is 374 g/mol. The van der Waals surface area contributed by atoms with Crippen molar-refractivity contribution in [1.29, 1.82) is 0 Å². The number of nitrogens with zero attached hydrogens (tertiary/aromatic N) is 2. The molecule has 2 heterocycles. The SMILES string of the molecule is CNC(=O)c1cccc(CNC(=O)c2cc3sc(N(C)C)nc3s2)c1. The average molecular weight is 374 g/mol. The van der Waals surface area contributed by atoms with Gasteiger partial charge < -0.3 is 15.5 Å². The van der Waals surface area contributed by atoms with Gasteiger partial charge in [0.05, 0.1) is 9.58 Å². The third kappa shape index (κ3) is 3.80. The zero-order valence-electron chi connectivity index (χ0n) is 14.1. The van der Waals surface area contributed by atoms with Crippen LogP contribution in [0.25, 0.3) is 9.53 Å².